The second kappa shape index (κ2) is 5.56. The number of alkyl halides is 2. The Bertz CT molecular complexity index is 213. The van der Waals surface area contributed by atoms with E-state index < -0.39 is 6.43 Å². The Hall–Kier alpha value is -1.08. The van der Waals surface area contributed by atoms with Crippen LogP contribution in [0, 0.1) is 0 Å². The molecule has 0 aliphatic carbocycles. The van der Waals surface area contributed by atoms with E-state index in [9.17, 15) is 8.78 Å². The average molecular weight is 173 g/mol. The first-order valence-electron chi connectivity index (χ1n) is 3.63. The second-order valence-electron chi connectivity index (χ2n) is 2.36. The van der Waals surface area contributed by atoms with Crippen molar-refractivity contribution in [2.24, 2.45) is 0 Å². The van der Waals surface area contributed by atoms with Gasteiger partial charge >= 0.3 is 0 Å². The van der Waals surface area contributed by atoms with Gasteiger partial charge in [-0.05, 0) is 25.0 Å². The van der Waals surface area contributed by atoms with Gasteiger partial charge in [0.15, 0.2) is 0 Å². The SMILES string of the molecule is C=C=CC/C(C)=C(\NC)C(F)F. The Morgan fingerprint density at radius 3 is 2.58 bits per heavy atom. The largest absolute Gasteiger partial charge is 0.387 e. The molecule has 68 valence electrons. The molecule has 0 aliphatic rings. The summed E-state index contributed by atoms with van der Waals surface area (Å²) in [7, 11) is 1.49. The fourth-order valence-corrected chi connectivity index (χ4v) is 0.844. The summed E-state index contributed by atoms with van der Waals surface area (Å²) in [5.74, 6) is 0. The molecule has 0 fully saturated rings. The molecule has 0 aliphatic heterocycles. The van der Waals surface area contributed by atoms with Crippen LogP contribution in [0.2, 0.25) is 0 Å². The van der Waals surface area contributed by atoms with Crippen LogP contribution in [0.25, 0.3) is 0 Å². The molecule has 0 rings (SSSR count). The molecule has 0 amide bonds. The van der Waals surface area contributed by atoms with E-state index in [1.165, 1.54) is 7.05 Å². The highest BCUT2D eigenvalue weighted by atomic mass is 19.3. The molecule has 0 bridgehead atoms. The van der Waals surface area contributed by atoms with Crippen molar-refractivity contribution in [1.29, 1.82) is 0 Å². The van der Waals surface area contributed by atoms with E-state index in [4.69, 9.17) is 0 Å². The quantitative estimate of drug-likeness (QED) is 0.644. The van der Waals surface area contributed by atoms with Gasteiger partial charge in [0.05, 0.1) is 5.70 Å². The van der Waals surface area contributed by atoms with Crippen LogP contribution in [0.4, 0.5) is 8.78 Å². The number of halogens is 2. The first-order chi connectivity index (χ1) is 5.63. The molecule has 0 aromatic rings. The van der Waals surface area contributed by atoms with Crippen molar-refractivity contribution in [2.75, 3.05) is 7.05 Å². The van der Waals surface area contributed by atoms with Crippen molar-refractivity contribution in [3.63, 3.8) is 0 Å². The van der Waals surface area contributed by atoms with Gasteiger partial charge in [-0.1, -0.05) is 6.58 Å². The van der Waals surface area contributed by atoms with E-state index >= 15 is 0 Å². The van der Waals surface area contributed by atoms with Crippen LogP contribution in [-0.2, 0) is 0 Å². The summed E-state index contributed by atoms with van der Waals surface area (Å²) in [6, 6.07) is 0. The first-order valence-corrected chi connectivity index (χ1v) is 3.63. The highest BCUT2D eigenvalue weighted by Gasteiger charge is 2.11. The monoisotopic (exact) mass is 173 g/mol. The van der Waals surface area contributed by atoms with E-state index in [2.05, 4.69) is 17.6 Å². The molecular weight excluding hydrogens is 160 g/mol. The molecular formula is C9H13F2N. The van der Waals surface area contributed by atoms with Crippen LogP contribution in [0.1, 0.15) is 13.3 Å². The molecule has 0 heterocycles. The molecule has 0 aromatic carbocycles. The van der Waals surface area contributed by atoms with Crippen molar-refractivity contribution >= 4 is 0 Å². The zero-order chi connectivity index (χ0) is 9.56. The number of rotatable bonds is 4. The number of nitrogens with one attached hydrogen (secondary N) is 1. The molecule has 12 heavy (non-hydrogen) atoms. The van der Waals surface area contributed by atoms with Gasteiger partial charge < -0.3 is 5.32 Å². The molecule has 0 spiro atoms. The van der Waals surface area contributed by atoms with Crippen molar-refractivity contribution < 1.29 is 8.78 Å². The molecule has 1 N–H and O–H groups in total. The minimum absolute atomic E-state index is 0.0125. The lowest BCUT2D eigenvalue weighted by Crippen LogP contribution is -2.15. The summed E-state index contributed by atoms with van der Waals surface area (Å²) in [4.78, 5) is 0. The lowest BCUT2D eigenvalue weighted by molar-refractivity contribution is 0.180. The van der Waals surface area contributed by atoms with E-state index in [0.29, 0.717) is 12.0 Å². The first kappa shape index (κ1) is 10.9. The number of hydrogen-bond acceptors (Lipinski definition) is 1. The van der Waals surface area contributed by atoms with Crippen molar-refractivity contribution in [3.8, 4) is 0 Å². The highest BCUT2D eigenvalue weighted by molar-refractivity contribution is 5.14. The predicted molar refractivity (Wildman–Crippen MR) is 46.1 cm³/mol. The Labute approximate surface area is 71.5 Å². The van der Waals surface area contributed by atoms with E-state index in [-0.39, 0.29) is 5.70 Å². The third-order valence-corrected chi connectivity index (χ3v) is 1.50. The molecule has 0 saturated heterocycles. The van der Waals surface area contributed by atoms with E-state index in [0.717, 1.165) is 0 Å². The van der Waals surface area contributed by atoms with Crippen LogP contribution in [0.5, 0.6) is 0 Å². The minimum Gasteiger partial charge on any atom is -0.387 e. The Morgan fingerprint density at radius 2 is 2.25 bits per heavy atom. The van der Waals surface area contributed by atoms with Crippen LogP contribution in [0.3, 0.4) is 0 Å². The summed E-state index contributed by atoms with van der Waals surface area (Å²) in [6.07, 6.45) is -0.354. The van der Waals surface area contributed by atoms with Gasteiger partial charge in [0.25, 0.3) is 6.43 Å². The van der Waals surface area contributed by atoms with Gasteiger partial charge in [0, 0.05) is 7.05 Å². The van der Waals surface area contributed by atoms with Crippen LogP contribution < -0.4 is 5.32 Å². The summed E-state index contributed by atoms with van der Waals surface area (Å²) < 4.78 is 24.4. The van der Waals surface area contributed by atoms with Crippen molar-refractivity contribution in [2.45, 2.75) is 19.8 Å². The Morgan fingerprint density at radius 1 is 1.67 bits per heavy atom. The third kappa shape index (κ3) is 3.35. The van der Waals surface area contributed by atoms with Crippen LogP contribution >= 0.6 is 0 Å². The van der Waals surface area contributed by atoms with Crippen LogP contribution in [0.15, 0.2) is 29.7 Å². The molecule has 0 aromatic heterocycles. The lowest BCUT2D eigenvalue weighted by atomic mass is 10.1. The van der Waals surface area contributed by atoms with Crippen molar-refractivity contribution in [1.82, 2.24) is 5.32 Å². The van der Waals surface area contributed by atoms with Gasteiger partial charge in [-0.3, -0.25) is 0 Å². The summed E-state index contributed by atoms with van der Waals surface area (Å²) >= 11 is 0. The average Bonchev–Trinajstić information content (AvgIpc) is 2.01. The maximum atomic E-state index is 12.2. The van der Waals surface area contributed by atoms with Gasteiger partial charge in [0.2, 0.25) is 0 Å². The summed E-state index contributed by atoms with van der Waals surface area (Å²) in [5.41, 5.74) is 3.14. The summed E-state index contributed by atoms with van der Waals surface area (Å²) in [6.45, 7) is 5.01. The normalized spacial score (nSPS) is 12.1. The standard InChI is InChI=1S/C9H13F2N/c1-4-5-6-7(2)8(12-3)9(10)11/h5,9,12H,1,6H2,2-3H3/b8-7-. The molecule has 0 unspecified atom stereocenters. The number of hydrogen-bond donors (Lipinski definition) is 1. The molecule has 0 atom stereocenters. The van der Waals surface area contributed by atoms with E-state index in [1.54, 1.807) is 13.0 Å². The minimum atomic E-state index is -2.44. The second-order valence-corrected chi connectivity index (χ2v) is 2.36. The highest BCUT2D eigenvalue weighted by Crippen LogP contribution is 2.13. The van der Waals surface area contributed by atoms with Gasteiger partial charge in [-0.15, -0.1) is 5.73 Å². The zero-order valence-electron chi connectivity index (χ0n) is 7.32. The fourth-order valence-electron chi connectivity index (χ4n) is 0.844. The van der Waals surface area contributed by atoms with Crippen molar-refractivity contribution in [3.05, 3.63) is 29.7 Å². The molecule has 0 radical (unpaired) electrons. The zero-order valence-corrected chi connectivity index (χ0v) is 7.32. The maximum Gasteiger partial charge on any atom is 0.277 e. The molecule has 1 nitrogen and oxygen atoms in total. The maximum absolute atomic E-state index is 12.2. The van der Waals surface area contributed by atoms with Gasteiger partial charge in [-0.2, -0.15) is 0 Å². The summed E-state index contributed by atoms with van der Waals surface area (Å²) in [5, 5.41) is 2.47. The van der Waals surface area contributed by atoms with E-state index in [1.807, 2.05) is 0 Å². The predicted octanol–water partition coefficient (Wildman–Crippen LogP) is 2.48. The lowest BCUT2D eigenvalue weighted by Gasteiger charge is -2.08. The molecule has 0 saturated carbocycles. The van der Waals surface area contributed by atoms with Crippen LogP contribution in [-0.4, -0.2) is 13.5 Å². The topological polar surface area (TPSA) is 12.0 Å². The van der Waals surface area contributed by atoms with Gasteiger partial charge in [-0.25, -0.2) is 8.78 Å². The smallest absolute Gasteiger partial charge is 0.277 e. The van der Waals surface area contributed by atoms with Gasteiger partial charge in [0.1, 0.15) is 0 Å². The Kier molecular flexibility index (Phi) is 5.06. The number of allylic oxidation sites excluding steroid dienone is 3. The fraction of sp³-hybridized carbons (Fsp3) is 0.444. The third-order valence-electron chi connectivity index (χ3n) is 1.50. The molecule has 3 heteroatoms. The Balaban J connectivity index is 4.47.